The molecule has 1 saturated heterocycles. The number of amides is 1. The van der Waals surface area contributed by atoms with Crippen molar-refractivity contribution < 1.29 is 4.79 Å². The molecular weight excluding hydrogens is 304 g/mol. The second kappa shape index (κ2) is 7.17. The number of rotatable bonds is 5. The fraction of sp³-hybridized carbons (Fsp3) is 0.588. The molecule has 0 aliphatic carbocycles. The summed E-state index contributed by atoms with van der Waals surface area (Å²) < 4.78 is 1.83. The molecule has 0 saturated carbocycles. The normalized spacial score (nSPS) is 18.0. The van der Waals surface area contributed by atoms with Gasteiger partial charge in [-0.05, 0) is 58.2 Å². The van der Waals surface area contributed by atoms with E-state index in [1.807, 2.05) is 43.9 Å². The molecule has 3 heterocycles. The topological polar surface area (TPSA) is 78.8 Å². The highest BCUT2D eigenvalue weighted by Gasteiger charge is 2.28. The van der Waals surface area contributed by atoms with Crippen LogP contribution in [-0.4, -0.2) is 49.9 Å². The average Bonchev–Trinajstić information content (AvgIpc) is 3.26. The number of aromatic amines is 1. The molecule has 2 aromatic rings. The average molecular weight is 330 g/mol. The van der Waals surface area contributed by atoms with Crippen molar-refractivity contribution in [1.29, 1.82) is 0 Å². The summed E-state index contributed by atoms with van der Waals surface area (Å²) in [6.07, 6.45) is 7.71. The Hall–Kier alpha value is -2.15. The number of H-pyrrole nitrogens is 1. The molecule has 7 nitrogen and oxygen atoms in total. The highest BCUT2D eigenvalue weighted by molar-refractivity contribution is 5.93. The van der Waals surface area contributed by atoms with Crippen LogP contribution in [0.1, 0.15) is 51.1 Å². The van der Waals surface area contributed by atoms with Gasteiger partial charge in [0, 0.05) is 18.3 Å². The van der Waals surface area contributed by atoms with Gasteiger partial charge in [0.1, 0.15) is 5.82 Å². The molecule has 1 aliphatic heterocycles. The van der Waals surface area contributed by atoms with Crippen LogP contribution in [0.5, 0.6) is 0 Å². The van der Waals surface area contributed by atoms with Crippen LogP contribution in [0.25, 0.3) is 0 Å². The molecule has 2 N–H and O–H groups in total. The Kier molecular flexibility index (Phi) is 4.99. The molecule has 0 unspecified atom stereocenters. The van der Waals surface area contributed by atoms with E-state index in [0.717, 1.165) is 31.7 Å². The van der Waals surface area contributed by atoms with Crippen LogP contribution in [0.4, 0.5) is 5.82 Å². The van der Waals surface area contributed by atoms with Crippen molar-refractivity contribution >= 4 is 11.7 Å². The Bertz CT molecular complexity index is 654. The van der Waals surface area contributed by atoms with Crippen molar-refractivity contribution in [2.75, 3.05) is 18.4 Å². The van der Waals surface area contributed by atoms with Crippen LogP contribution in [0.2, 0.25) is 0 Å². The number of nitrogens with one attached hydrogen (secondary N) is 2. The van der Waals surface area contributed by atoms with Gasteiger partial charge in [-0.2, -0.15) is 10.2 Å². The zero-order chi connectivity index (χ0) is 17.1. The number of piperidine rings is 1. The second-order valence-electron chi connectivity index (χ2n) is 6.76. The van der Waals surface area contributed by atoms with Crippen LogP contribution in [0, 0.1) is 0 Å². The quantitative estimate of drug-likeness (QED) is 0.882. The zero-order valence-electron chi connectivity index (χ0n) is 14.6. The van der Waals surface area contributed by atoms with Crippen molar-refractivity contribution in [2.45, 2.75) is 51.6 Å². The first-order valence-electron chi connectivity index (χ1n) is 8.63. The lowest BCUT2D eigenvalue weighted by Gasteiger charge is -2.35. The maximum absolute atomic E-state index is 12.6. The summed E-state index contributed by atoms with van der Waals surface area (Å²) >= 11 is 0. The van der Waals surface area contributed by atoms with Gasteiger partial charge >= 0.3 is 0 Å². The molecule has 1 atom stereocenters. The molecule has 0 spiro atoms. The van der Waals surface area contributed by atoms with Gasteiger partial charge in [0.25, 0.3) is 0 Å². The smallest absolute Gasteiger partial charge is 0.242 e. The van der Waals surface area contributed by atoms with Gasteiger partial charge < -0.3 is 5.32 Å². The largest absolute Gasteiger partial charge is 0.310 e. The number of aromatic nitrogens is 4. The third-order valence-corrected chi connectivity index (χ3v) is 4.86. The van der Waals surface area contributed by atoms with Crippen molar-refractivity contribution in [3.8, 4) is 0 Å². The molecule has 7 heteroatoms. The van der Waals surface area contributed by atoms with Gasteiger partial charge in [0.05, 0.1) is 18.4 Å². The van der Waals surface area contributed by atoms with Gasteiger partial charge in [0.2, 0.25) is 5.91 Å². The standard InChI is InChI=1S/C17H26N6O/c1-12(2)23-16(4-7-20-23)21-17(24)13(3)22-8-5-14(6-9-22)15-10-18-19-11-15/h4,7,10-14H,5-6,8-9H2,1-3H3,(H,18,19)(H,21,24)/t13-/m1/s1. The molecule has 1 fully saturated rings. The van der Waals surface area contributed by atoms with E-state index in [0.29, 0.717) is 5.92 Å². The molecule has 0 radical (unpaired) electrons. The second-order valence-corrected chi connectivity index (χ2v) is 6.76. The van der Waals surface area contributed by atoms with Crippen LogP contribution in [0.3, 0.4) is 0 Å². The Labute approximate surface area is 142 Å². The highest BCUT2D eigenvalue weighted by atomic mass is 16.2. The van der Waals surface area contributed by atoms with Gasteiger partial charge in [-0.1, -0.05) is 0 Å². The molecular formula is C17H26N6O. The minimum Gasteiger partial charge on any atom is -0.310 e. The van der Waals surface area contributed by atoms with E-state index >= 15 is 0 Å². The third-order valence-electron chi connectivity index (χ3n) is 4.86. The minimum atomic E-state index is -0.147. The molecule has 1 aliphatic rings. The summed E-state index contributed by atoms with van der Waals surface area (Å²) in [5.41, 5.74) is 1.27. The fourth-order valence-electron chi connectivity index (χ4n) is 3.33. The van der Waals surface area contributed by atoms with Gasteiger partial charge in [-0.3, -0.25) is 14.8 Å². The number of likely N-dealkylation sites (tertiary alicyclic amines) is 1. The van der Waals surface area contributed by atoms with E-state index in [1.54, 1.807) is 6.20 Å². The number of carbonyl (C=O) groups is 1. The minimum absolute atomic E-state index is 0.0270. The lowest BCUT2D eigenvalue weighted by Crippen LogP contribution is -2.46. The van der Waals surface area contributed by atoms with Crippen molar-refractivity contribution in [3.05, 3.63) is 30.2 Å². The summed E-state index contributed by atoms with van der Waals surface area (Å²) in [5.74, 6) is 1.33. The number of carbonyl (C=O) groups excluding carboxylic acids is 1. The Morgan fingerprint density at radius 3 is 2.71 bits per heavy atom. The molecule has 1 amide bonds. The van der Waals surface area contributed by atoms with Gasteiger partial charge in [-0.15, -0.1) is 0 Å². The zero-order valence-corrected chi connectivity index (χ0v) is 14.6. The predicted molar refractivity (Wildman–Crippen MR) is 92.8 cm³/mol. The Morgan fingerprint density at radius 1 is 1.33 bits per heavy atom. The van der Waals surface area contributed by atoms with E-state index in [4.69, 9.17) is 0 Å². The van der Waals surface area contributed by atoms with Crippen molar-refractivity contribution in [1.82, 2.24) is 24.9 Å². The fourth-order valence-corrected chi connectivity index (χ4v) is 3.33. The molecule has 130 valence electrons. The SMILES string of the molecule is CC(C)n1nccc1NC(=O)[C@@H](C)N1CCC(c2cn[nH]c2)CC1. The monoisotopic (exact) mass is 330 g/mol. The van der Waals surface area contributed by atoms with Gasteiger partial charge in [-0.25, -0.2) is 4.68 Å². The number of nitrogens with zero attached hydrogens (tertiary/aromatic N) is 4. The first-order valence-corrected chi connectivity index (χ1v) is 8.63. The van der Waals surface area contributed by atoms with E-state index in [2.05, 4.69) is 25.5 Å². The summed E-state index contributed by atoms with van der Waals surface area (Å²) in [5, 5.41) is 14.2. The van der Waals surface area contributed by atoms with Gasteiger partial charge in [0.15, 0.2) is 0 Å². The van der Waals surface area contributed by atoms with E-state index in [9.17, 15) is 4.79 Å². The Balaban J connectivity index is 1.56. The van der Waals surface area contributed by atoms with Crippen LogP contribution < -0.4 is 5.32 Å². The maximum atomic E-state index is 12.6. The summed E-state index contributed by atoms with van der Waals surface area (Å²) in [4.78, 5) is 14.8. The van der Waals surface area contributed by atoms with Crippen LogP contribution >= 0.6 is 0 Å². The first-order chi connectivity index (χ1) is 11.6. The molecule has 3 rings (SSSR count). The highest BCUT2D eigenvalue weighted by Crippen LogP contribution is 2.28. The summed E-state index contributed by atoms with van der Waals surface area (Å²) in [6.45, 7) is 7.92. The molecule has 24 heavy (non-hydrogen) atoms. The van der Waals surface area contributed by atoms with Crippen LogP contribution in [-0.2, 0) is 4.79 Å². The van der Waals surface area contributed by atoms with E-state index in [-0.39, 0.29) is 18.0 Å². The summed E-state index contributed by atoms with van der Waals surface area (Å²) in [7, 11) is 0. The summed E-state index contributed by atoms with van der Waals surface area (Å²) in [6, 6.07) is 1.91. The number of hydrogen-bond donors (Lipinski definition) is 2. The lowest BCUT2D eigenvalue weighted by atomic mass is 9.91. The van der Waals surface area contributed by atoms with E-state index in [1.165, 1.54) is 5.56 Å². The molecule has 0 bridgehead atoms. The number of anilines is 1. The Morgan fingerprint density at radius 2 is 2.08 bits per heavy atom. The predicted octanol–water partition coefficient (Wildman–Crippen LogP) is 2.39. The van der Waals surface area contributed by atoms with Crippen LogP contribution in [0.15, 0.2) is 24.7 Å². The van der Waals surface area contributed by atoms with Crippen molar-refractivity contribution in [3.63, 3.8) is 0 Å². The first kappa shape index (κ1) is 16.7. The van der Waals surface area contributed by atoms with E-state index < -0.39 is 0 Å². The maximum Gasteiger partial charge on any atom is 0.242 e. The van der Waals surface area contributed by atoms with Crippen molar-refractivity contribution in [2.24, 2.45) is 0 Å². The third kappa shape index (κ3) is 3.51. The molecule has 0 aromatic carbocycles. The molecule has 2 aromatic heterocycles. The lowest BCUT2D eigenvalue weighted by molar-refractivity contribution is -0.121. The number of hydrogen-bond acceptors (Lipinski definition) is 4.